The van der Waals surface area contributed by atoms with Gasteiger partial charge in [0.05, 0.1) is 0 Å². The minimum Gasteiger partial charge on any atom is -0.330 e. The molecule has 2 N–H and O–H groups in total. The minimum absolute atomic E-state index is 0.671. The Balaban J connectivity index is 2.32. The molecule has 4 heteroatoms. The maximum Gasteiger partial charge on any atom is 0.172 e. The number of rotatable bonds is 4. The van der Waals surface area contributed by atoms with Crippen molar-refractivity contribution in [1.82, 2.24) is 9.55 Å². The molecule has 1 heterocycles. The van der Waals surface area contributed by atoms with Gasteiger partial charge in [-0.2, -0.15) is 0 Å². The van der Waals surface area contributed by atoms with Crippen molar-refractivity contribution in [1.29, 1.82) is 0 Å². The second-order valence-corrected chi connectivity index (χ2v) is 5.05. The average Bonchev–Trinajstić information content (AvgIpc) is 2.78. The lowest BCUT2D eigenvalue weighted by molar-refractivity contribution is 0.892. The Labute approximate surface area is 106 Å². The molecule has 0 atom stereocenters. The molecule has 0 unspecified atom stereocenters. The van der Waals surface area contributed by atoms with Crippen LogP contribution in [-0.4, -0.2) is 21.8 Å². The topological polar surface area (TPSA) is 43.8 Å². The van der Waals surface area contributed by atoms with Gasteiger partial charge in [0.25, 0.3) is 0 Å². The molecular weight excluding hydrogens is 230 g/mol. The van der Waals surface area contributed by atoms with E-state index >= 15 is 0 Å². The second-order valence-electron chi connectivity index (χ2n) is 3.99. The Morgan fingerprint density at radius 2 is 2.12 bits per heavy atom. The lowest BCUT2D eigenvalue weighted by Crippen LogP contribution is -2.03. The van der Waals surface area contributed by atoms with Gasteiger partial charge in [-0.3, -0.25) is 4.57 Å². The van der Waals surface area contributed by atoms with Crippen molar-refractivity contribution in [2.24, 2.45) is 5.73 Å². The number of benzene rings is 1. The first-order valence-corrected chi connectivity index (χ1v) is 6.65. The molecule has 0 amide bonds. The molecule has 0 saturated carbocycles. The summed E-state index contributed by atoms with van der Waals surface area (Å²) in [4.78, 5) is 4.35. The molecule has 2 rings (SSSR count). The highest BCUT2D eigenvalue weighted by atomic mass is 32.2. The van der Waals surface area contributed by atoms with Crippen LogP contribution in [-0.2, 0) is 0 Å². The van der Waals surface area contributed by atoms with E-state index in [2.05, 4.69) is 41.6 Å². The van der Waals surface area contributed by atoms with Crippen LogP contribution in [0.5, 0.6) is 0 Å². The number of nitrogens with zero attached hydrogens (tertiary/aromatic N) is 2. The molecule has 0 bridgehead atoms. The highest BCUT2D eigenvalue weighted by Gasteiger charge is 2.05. The van der Waals surface area contributed by atoms with E-state index in [-0.39, 0.29) is 0 Å². The third kappa shape index (κ3) is 2.70. The van der Waals surface area contributed by atoms with E-state index in [1.807, 2.05) is 12.4 Å². The summed E-state index contributed by atoms with van der Waals surface area (Å²) in [6.07, 6.45) is 3.82. The SMILES string of the molecule is Cc1ccc(-n2ccnc2SCCN)cc1C. The predicted octanol–water partition coefficient (Wildman–Crippen LogP) is 2.54. The Morgan fingerprint density at radius 3 is 2.82 bits per heavy atom. The van der Waals surface area contributed by atoms with Gasteiger partial charge in [0.2, 0.25) is 0 Å². The highest BCUT2D eigenvalue weighted by molar-refractivity contribution is 7.99. The molecule has 0 fully saturated rings. The van der Waals surface area contributed by atoms with Crippen LogP contribution in [0.15, 0.2) is 35.7 Å². The summed E-state index contributed by atoms with van der Waals surface area (Å²) >= 11 is 1.69. The van der Waals surface area contributed by atoms with E-state index < -0.39 is 0 Å². The first kappa shape index (κ1) is 12.2. The van der Waals surface area contributed by atoms with Crippen LogP contribution >= 0.6 is 11.8 Å². The smallest absolute Gasteiger partial charge is 0.172 e. The number of aryl methyl sites for hydroxylation is 2. The maximum atomic E-state index is 5.52. The van der Waals surface area contributed by atoms with Crippen molar-refractivity contribution in [3.63, 3.8) is 0 Å². The van der Waals surface area contributed by atoms with Crippen LogP contribution in [0, 0.1) is 13.8 Å². The van der Waals surface area contributed by atoms with Crippen LogP contribution in [0.1, 0.15) is 11.1 Å². The summed E-state index contributed by atoms with van der Waals surface area (Å²) in [5.41, 5.74) is 9.28. The summed E-state index contributed by atoms with van der Waals surface area (Å²) in [5, 5.41) is 0.999. The number of hydrogen-bond acceptors (Lipinski definition) is 3. The first-order valence-electron chi connectivity index (χ1n) is 5.66. The fourth-order valence-corrected chi connectivity index (χ4v) is 2.36. The van der Waals surface area contributed by atoms with Crippen LogP contribution in [0.3, 0.4) is 0 Å². The Kier molecular flexibility index (Phi) is 3.86. The third-order valence-corrected chi connectivity index (χ3v) is 3.72. The molecule has 0 saturated heterocycles. The van der Waals surface area contributed by atoms with Crippen LogP contribution < -0.4 is 5.73 Å². The number of thioether (sulfide) groups is 1. The van der Waals surface area contributed by atoms with Gasteiger partial charge < -0.3 is 5.73 Å². The van der Waals surface area contributed by atoms with E-state index in [0.29, 0.717) is 6.54 Å². The Bertz CT molecular complexity index is 505. The predicted molar refractivity (Wildman–Crippen MR) is 72.8 cm³/mol. The van der Waals surface area contributed by atoms with E-state index in [0.717, 1.165) is 16.6 Å². The van der Waals surface area contributed by atoms with Gasteiger partial charge in [-0.25, -0.2) is 4.98 Å². The van der Waals surface area contributed by atoms with E-state index in [4.69, 9.17) is 5.73 Å². The quantitative estimate of drug-likeness (QED) is 0.844. The van der Waals surface area contributed by atoms with Crippen molar-refractivity contribution < 1.29 is 0 Å². The lowest BCUT2D eigenvalue weighted by Gasteiger charge is -2.09. The van der Waals surface area contributed by atoms with Gasteiger partial charge in [-0.1, -0.05) is 17.8 Å². The van der Waals surface area contributed by atoms with Gasteiger partial charge >= 0.3 is 0 Å². The molecule has 17 heavy (non-hydrogen) atoms. The average molecular weight is 247 g/mol. The molecule has 3 nitrogen and oxygen atoms in total. The zero-order chi connectivity index (χ0) is 12.3. The monoisotopic (exact) mass is 247 g/mol. The van der Waals surface area contributed by atoms with Gasteiger partial charge in [-0.15, -0.1) is 0 Å². The van der Waals surface area contributed by atoms with Gasteiger partial charge in [0.1, 0.15) is 0 Å². The normalized spacial score (nSPS) is 10.8. The van der Waals surface area contributed by atoms with Crippen molar-refractivity contribution in [2.75, 3.05) is 12.3 Å². The summed E-state index contributed by atoms with van der Waals surface area (Å²) in [6.45, 7) is 4.92. The third-order valence-electron chi connectivity index (χ3n) is 2.72. The fraction of sp³-hybridized carbons (Fsp3) is 0.308. The fourth-order valence-electron chi connectivity index (χ4n) is 1.62. The number of nitrogens with two attached hydrogens (primary N) is 1. The van der Waals surface area contributed by atoms with E-state index in [1.165, 1.54) is 11.1 Å². The largest absolute Gasteiger partial charge is 0.330 e. The van der Waals surface area contributed by atoms with Gasteiger partial charge in [0.15, 0.2) is 5.16 Å². The zero-order valence-electron chi connectivity index (χ0n) is 10.2. The molecule has 0 spiro atoms. The van der Waals surface area contributed by atoms with E-state index in [1.54, 1.807) is 11.8 Å². The standard InChI is InChI=1S/C13H17N3S/c1-10-3-4-12(9-11(10)2)16-7-6-15-13(16)17-8-5-14/h3-4,6-7,9H,5,8,14H2,1-2H3. The molecule has 1 aromatic heterocycles. The summed E-state index contributed by atoms with van der Waals surface area (Å²) < 4.78 is 2.10. The van der Waals surface area contributed by atoms with Crippen LogP contribution in [0.2, 0.25) is 0 Å². The summed E-state index contributed by atoms with van der Waals surface area (Å²) in [5.74, 6) is 0.891. The zero-order valence-corrected chi connectivity index (χ0v) is 11.0. The molecule has 1 aromatic carbocycles. The van der Waals surface area contributed by atoms with Gasteiger partial charge in [-0.05, 0) is 37.1 Å². The number of aromatic nitrogens is 2. The van der Waals surface area contributed by atoms with Gasteiger partial charge in [0, 0.05) is 30.4 Å². The molecular formula is C13H17N3S. The van der Waals surface area contributed by atoms with Crippen molar-refractivity contribution >= 4 is 11.8 Å². The van der Waals surface area contributed by atoms with Crippen molar-refractivity contribution in [3.05, 3.63) is 41.7 Å². The number of imidazole rings is 1. The Hall–Kier alpha value is -1.26. The molecule has 0 aliphatic carbocycles. The summed E-state index contributed by atoms with van der Waals surface area (Å²) in [6, 6.07) is 6.45. The second kappa shape index (κ2) is 5.38. The summed E-state index contributed by atoms with van der Waals surface area (Å²) in [7, 11) is 0. The lowest BCUT2D eigenvalue weighted by atomic mass is 10.1. The molecule has 90 valence electrons. The molecule has 0 aliphatic heterocycles. The molecule has 0 aliphatic rings. The Morgan fingerprint density at radius 1 is 1.29 bits per heavy atom. The minimum atomic E-state index is 0.671. The highest BCUT2D eigenvalue weighted by Crippen LogP contribution is 2.21. The van der Waals surface area contributed by atoms with Crippen molar-refractivity contribution in [3.8, 4) is 5.69 Å². The molecule has 2 aromatic rings. The number of hydrogen-bond donors (Lipinski definition) is 1. The van der Waals surface area contributed by atoms with E-state index in [9.17, 15) is 0 Å². The van der Waals surface area contributed by atoms with Crippen LogP contribution in [0.25, 0.3) is 5.69 Å². The first-order chi connectivity index (χ1) is 8.22. The van der Waals surface area contributed by atoms with Crippen LogP contribution in [0.4, 0.5) is 0 Å². The van der Waals surface area contributed by atoms with Crippen molar-refractivity contribution in [2.45, 2.75) is 19.0 Å². The maximum absolute atomic E-state index is 5.52. The molecule has 0 radical (unpaired) electrons.